The molecular formula is C27H27N3O3. The van der Waals surface area contributed by atoms with E-state index in [9.17, 15) is 4.79 Å². The highest BCUT2D eigenvalue weighted by Gasteiger charge is 2.24. The van der Waals surface area contributed by atoms with Gasteiger partial charge in [-0.25, -0.2) is 4.98 Å². The van der Waals surface area contributed by atoms with Crippen molar-refractivity contribution in [3.63, 3.8) is 0 Å². The fourth-order valence-electron chi connectivity index (χ4n) is 4.39. The molecule has 1 unspecified atom stereocenters. The average molecular weight is 442 g/mol. The smallest absolute Gasteiger partial charge is 0.200 e. The Kier molecular flexibility index (Phi) is 5.60. The van der Waals surface area contributed by atoms with Gasteiger partial charge in [-0.1, -0.05) is 18.2 Å². The summed E-state index contributed by atoms with van der Waals surface area (Å²) in [6.07, 6.45) is 4.43. The van der Waals surface area contributed by atoms with Gasteiger partial charge in [-0.15, -0.1) is 0 Å². The largest absolute Gasteiger partial charge is 0.497 e. The predicted molar refractivity (Wildman–Crippen MR) is 132 cm³/mol. The van der Waals surface area contributed by atoms with Crippen molar-refractivity contribution < 1.29 is 9.15 Å². The van der Waals surface area contributed by atoms with E-state index in [-0.39, 0.29) is 5.43 Å². The first kappa shape index (κ1) is 21.2. The molecule has 5 rings (SSSR count). The summed E-state index contributed by atoms with van der Waals surface area (Å²) < 4.78 is 11.1. The molecule has 2 aromatic carbocycles. The van der Waals surface area contributed by atoms with Crippen molar-refractivity contribution >= 4 is 16.8 Å². The van der Waals surface area contributed by atoms with Gasteiger partial charge in [0, 0.05) is 30.9 Å². The molecule has 0 radical (unpaired) electrons. The van der Waals surface area contributed by atoms with Gasteiger partial charge in [0.15, 0.2) is 0 Å². The maximum Gasteiger partial charge on any atom is 0.200 e. The van der Waals surface area contributed by atoms with Crippen molar-refractivity contribution in [1.29, 1.82) is 0 Å². The monoisotopic (exact) mass is 441 g/mol. The molecule has 0 N–H and O–H groups in total. The Bertz CT molecular complexity index is 1330. The van der Waals surface area contributed by atoms with Gasteiger partial charge in [-0.2, -0.15) is 0 Å². The fraction of sp³-hybridized carbons (Fsp3) is 0.259. The molecule has 4 aromatic rings. The van der Waals surface area contributed by atoms with Gasteiger partial charge in [-0.05, 0) is 68.0 Å². The van der Waals surface area contributed by atoms with Gasteiger partial charge < -0.3 is 19.0 Å². The number of benzene rings is 2. The first-order valence-electron chi connectivity index (χ1n) is 11.1. The first-order chi connectivity index (χ1) is 16.0. The lowest BCUT2D eigenvalue weighted by Crippen LogP contribution is -2.31. The zero-order valence-electron chi connectivity index (χ0n) is 19.1. The summed E-state index contributed by atoms with van der Waals surface area (Å²) in [6.45, 7) is 1.96. The summed E-state index contributed by atoms with van der Waals surface area (Å²) >= 11 is 0. The lowest BCUT2D eigenvalue weighted by molar-refractivity contribution is 0.315. The molecule has 6 heteroatoms. The van der Waals surface area contributed by atoms with Crippen LogP contribution in [-0.4, -0.2) is 50.2 Å². The molecule has 1 fully saturated rings. The first-order valence-corrected chi connectivity index (χ1v) is 11.1. The van der Waals surface area contributed by atoms with Gasteiger partial charge in [-0.3, -0.25) is 4.79 Å². The van der Waals surface area contributed by atoms with E-state index >= 15 is 0 Å². The normalized spacial score (nSPS) is 16.0. The molecule has 33 heavy (non-hydrogen) atoms. The minimum absolute atomic E-state index is 0.0547. The predicted octanol–water partition coefficient (Wildman–Crippen LogP) is 4.67. The number of methoxy groups -OCH3 is 1. The van der Waals surface area contributed by atoms with Crippen LogP contribution in [0.1, 0.15) is 6.42 Å². The van der Waals surface area contributed by atoms with Crippen LogP contribution < -0.4 is 15.1 Å². The number of ether oxygens (including phenoxy) is 1. The molecule has 168 valence electrons. The Morgan fingerprint density at radius 2 is 1.79 bits per heavy atom. The van der Waals surface area contributed by atoms with E-state index in [0.717, 1.165) is 47.8 Å². The molecule has 1 saturated heterocycles. The Morgan fingerprint density at radius 1 is 1.03 bits per heavy atom. The lowest BCUT2D eigenvalue weighted by atomic mass is 10.0. The van der Waals surface area contributed by atoms with E-state index in [1.807, 2.05) is 54.6 Å². The standard InChI is InChI=1S/C27H27N3O3/c1-29(2)21-12-13-30(16-21)26-11-7-20(15-28-26)24-17-33-25-14-19(6-10-23(25)27(24)31)18-4-8-22(32-3)9-5-18/h4-11,14-15,17,21H,12-13,16H2,1-3H3. The number of pyridine rings is 1. The number of hydrogen-bond donors (Lipinski definition) is 0. The molecule has 1 atom stereocenters. The summed E-state index contributed by atoms with van der Waals surface area (Å²) in [5, 5.41) is 0.558. The molecule has 0 amide bonds. The molecule has 0 bridgehead atoms. The third-order valence-corrected chi connectivity index (χ3v) is 6.47. The van der Waals surface area contributed by atoms with E-state index in [1.54, 1.807) is 13.3 Å². The second-order valence-electron chi connectivity index (χ2n) is 8.68. The van der Waals surface area contributed by atoms with E-state index in [2.05, 4.69) is 28.9 Å². The molecule has 0 aliphatic carbocycles. The number of rotatable bonds is 5. The Labute approximate surface area is 193 Å². The van der Waals surface area contributed by atoms with E-state index in [0.29, 0.717) is 22.6 Å². The van der Waals surface area contributed by atoms with Crippen LogP contribution in [0.15, 0.2) is 76.3 Å². The Morgan fingerprint density at radius 3 is 2.45 bits per heavy atom. The SMILES string of the molecule is COc1ccc(-c2ccc3c(=O)c(-c4ccc(N5CCC(N(C)C)C5)nc4)coc3c2)cc1. The average Bonchev–Trinajstić information content (AvgIpc) is 3.35. The minimum Gasteiger partial charge on any atom is -0.497 e. The zero-order valence-corrected chi connectivity index (χ0v) is 19.1. The molecule has 0 spiro atoms. The Balaban J connectivity index is 1.42. The van der Waals surface area contributed by atoms with Crippen LogP contribution in [0, 0.1) is 0 Å². The number of fused-ring (bicyclic) bond motifs is 1. The molecule has 3 heterocycles. The summed E-state index contributed by atoms with van der Waals surface area (Å²) in [5.74, 6) is 1.75. The molecule has 6 nitrogen and oxygen atoms in total. The van der Waals surface area contributed by atoms with Crippen LogP contribution in [0.2, 0.25) is 0 Å². The molecule has 2 aromatic heterocycles. The third kappa shape index (κ3) is 4.10. The van der Waals surface area contributed by atoms with Crippen molar-refractivity contribution in [3.8, 4) is 28.0 Å². The highest BCUT2D eigenvalue weighted by Crippen LogP contribution is 2.28. The molecular weight excluding hydrogens is 414 g/mol. The van der Waals surface area contributed by atoms with Gasteiger partial charge in [0.1, 0.15) is 23.4 Å². The van der Waals surface area contributed by atoms with Crippen LogP contribution in [0.3, 0.4) is 0 Å². The summed E-state index contributed by atoms with van der Waals surface area (Å²) in [4.78, 5) is 22.4. The van der Waals surface area contributed by atoms with Crippen molar-refractivity contribution in [2.45, 2.75) is 12.5 Å². The fourth-order valence-corrected chi connectivity index (χ4v) is 4.39. The van der Waals surface area contributed by atoms with Crippen LogP contribution >= 0.6 is 0 Å². The van der Waals surface area contributed by atoms with Crippen molar-refractivity contribution in [2.24, 2.45) is 0 Å². The topological polar surface area (TPSA) is 58.8 Å². The second kappa shape index (κ2) is 8.71. The maximum absolute atomic E-state index is 13.2. The van der Waals surface area contributed by atoms with Crippen LogP contribution in [0.25, 0.3) is 33.2 Å². The molecule has 0 saturated carbocycles. The minimum atomic E-state index is -0.0547. The highest BCUT2D eigenvalue weighted by atomic mass is 16.5. The summed E-state index contributed by atoms with van der Waals surface area (Å²) in [6, 6.07) is 18.0. The quantitative estimate of drug-likeness (QED) is 0.449. The second-order valence-corrected chi connectivity index (χ2v) is 8.68. The summed E-state index contributed by atoms with van der Waals surface area (Å²) in [5.41, 5.74) is 3.80. The number of hydrogen-bond acceptors (Lipinski definition) is 6. The number of anilines is 1. The van der Waals surface area contributed by atoms with Crippen molar-refractivity contribution in [1.82, 2.24) is 9.88 Å². The van der Waals surface area contributed by atoms with Crippen LogP contribution in [0.5, 0.6) is 5.75 Å². The van der Waals surface area contributed by atoms with Gasteiger partial charge in [0.05, 0.1) is 18.1 Å². The zero-order chi connectivity index (χ0) is 22.9. The highest BCUT2D eigenvalue weighted by molar-refractivity contribution is 5.85. The van der Waals surface area contributed by atoms with Gasteiger partial charge >= 0.3 is 0 Å². The van der Waals surface area contributed by atoms with Crippen LogP contribution in [0.4, 0.5) is 5.82 Å². The number of likely N-dealkylation sites (N-methyl/N-ethyl adjacent to an activating group) is 1. The van der Waals surface area contributed by atoms with Crippen molar-refractivity contribution in [3.05, 3.63) is 77.3 Å². The van der Waals surface area contributed by atoms with Gasteiger partial charge in [0.2, 0.25) is 5.43 Å². The summed E-state index contributed by atoms with van der Waals surface area (Å²) in [7, 11) is 5.88. The third-order valence-electron chi connectivity index (χ3n) is 6.47. The van der Waals surface area contributed by atoms with E-state index in [4.69, 9.17) is 9.15 Å². The lowest BCUT2D eigenvalue weighted by Gasteiger charge is -2.21. The van der Waals surface area contributed by atoms with E-state index < -0.39 is 0 Å². The number of nitrogens with zero attached hydrogens (tertiary/aromatic N) is 3. The van der Waals surface area contributed by atoms with Gasteiger partial charge in [0.25, 0.3) is 0 Å². The Hall–Kier alpha value is -3.64. The molecule has 1 aliphatic heterocycles. The van der Waals surface area contributed by atoms with E-state index in [1.165, 1.54) is 6.26 Å². The number of aromatic nitrogens is 1. The molecule has 1 aliphatic rings. The van der Waals surface area contributed by atoms with Crippen LogP contribution in [-0.2, 0) is 0 Å². The van der Waals surface area contributed by atoms with Crippen molar-refractivity contribution in [2.75, 3.05) is 39.2 Å². The maximum atomic E-state index is 13.2.